The van der Waals surface area contributed by atoms with Crippen molar-refractivity contribution in [2.24, 2.45) is 0 Å². The third kappa shape index (κ3) is 7.55. The zero-order valence-corrected chi connectivity index (χ0v) is 15.4. The lowest BCUT2D eigenvalue weighted by atomic mass is 10.1. The van der Waals surface area contributed by atoms with Crippen molar-refractivity contribution in [2.45, 2.75) is 52.0 Å². The van der Waals surface area contributed by atoms with E-state index in [2.05, 4.69) is 17.1 Å². The van der Waals surface area contributed by atoms with Crippen LogP contribution < -0.4 is 10.1 Å². The number of hydrogen-bond acceptors (Lipinski definition) is 3. The van der Waals surface area contributed by atoms with Crippen LogP contribution in [0.3, 0.4) is 0 Å². The van der Waals surface area contributed by atoms with Crippen LogP contribution in [0.1, 0.15) is 51.0 Å². The lowest BCUT2D eigenvalue weighted by Crippen LogP contribution is -2.37. The molecular weight excluding hydrogens is 308 g/mol. The summed E-state index contributed by atoms with van der Waals surface area (Å²) in [6, 6.07) is 5.32. The topological polar surface area (TPSA) is 44.7 Å². The second-order valence-corrected chi connectivity index (χ2v) is 6.24. The van der Waals surface area contributed by atoms with Crippen molar-refractivity contribution in [2.75, 3.05) is 20.7 Å². The van der Waals surface area contributed by atoms with Crippen LogP contribution in [-0.4, -0.2) is 35.8 Å². The van der Waals surface area contributed by atoms with Gasteiger partial charge in [0.2, 0.25) is 0 Å². The number of nitrogens with zero attached hydrogens (tertiary/aromatic N) is 1. The second-order valence-electron chi connectivity index (χ2n) is 5.85. The summed E-state index contributed by atoms with van der Waals surface area (Å²) in [5.74, 6) is 0.634. The van der Waals surface area contributed by atoms with Crippen LogP contribution in [0.25, 0.3) is 0 Å². The first kappa shape index (κ1) is 19.6. The summed E-state index contributed by atoms with van der Waals surface area (Å²) in [7, 11) is 3.57. The molecule has 0 saturated carbocycles. The van der Waals surface area contributed by atoms with Gasteiger partial charge >= 0.3 is 0 Å². The highest BCUT2D eigenvalue weighted by Gasteiger charge is 2.06. The maximum Gasteiger partial charge on any atom is 0.168 e. The fourth-order valence-electron chi connectivity index (χ4n) is 2.38. The van der Waals surface area contributed by atoms with Gasteiger partial charge < -0.3 is 20.1 Å². The first-order valence-electron chi connectivity index (χ1n) is 8.43. The molecule has 0 aliphatic heterocycles. The minimum atomic E-state index is 0.152. The molecule has 0 amide bonds. The fourth-order valence-corrected chi connectivity index (χ4v) is 2.54. The zero-order valence-electron chi connectivity index (χ0n) is 14.6. The smallest absolute Gasteiger partial charge is 0.168 e. The molecule has 1 aromatic carbocycles. The summed E-state index contributed by atoms with van der Waals surface area (Å²) >= 11 is 5.42. The van der Waals surface area contributed by atoms with Crippen LogP contribution in [-0.2, 0) is 6.54 Å². The van der Waals surface area contributed by atoms with Gasteiger partial charge in [0.05, 0.1) is 7.11 Å². The highest BCUT2D eigenvalue weighted by molar-refractivity contribution is 7.80. The van der Waals surface area contributed by atoms with E-state index in [4.69, 9.17) is 17.0 Å². The average molecular weight is 339 g/mol. The first-order chi connectivity index (χ1) is 11.1. The molecule has 0 aliphatic carbocycles. The SMILES string of the molecule is CCCCCCCCN(C)C(=S)NCc1ccc(O)c(OC)c1. The Balaban J connectivity index is 2.27. The summed E-state index contributed by atoms with van der Waals surface area (Å²) in [6.45, 7) is 3.84. The highest BCUT2D eigenvalue weighted by Crippen LogP contribution is 2.26. The number of thiocarbonyl (C=S) groups is 1. The average Bonchev–Trinajstić information content (AvgIpc) is 2.56. The predicted molar refractivity (Wildman–Crippen MR) is 100 cm³/mol. The van der Waals surface area contributed by atoms with Crippen molar-refractivity contribution in [3.05, 3.63) is 23.8 Å². The van der Waals surface area contributed by atoms with Crippen molar-refractivity contribution < 1.29 is 9.84 Å². The minimum Gasteiger partial charge on any atom is -0.504 e. The number of nitrogens with one attached hydrogen (secondary N) is 1. The van der Waals surface area contributed by atoms with Crippen molar-refractivity contribution in [1.29, 1.82) is 0 Å². The van der Waals surface area contributed by atoms with E-state index in [0.29, 0.717) is 12.3 Å². The Labute approximate surface area is 145 Å². The molecule has 0 aliphatic rings. The summed E-state index contributed by atoms with van der Waals surface area (Å²) in [5.41, 5.74) is 1.02. The van der Waals surface area contributed by atoms with E-state index >= 15 is 0 Å². The van der Waals surface area contributed by atoms with E-state index < -0.39 is 0 Å². The summed E-state index contributed by atoms with van der Waals surface area (Å²) < 4.78 is 5.11. The molecule has 0 saturated heterocycles. The van der Waals surface area contributed by atoms with Crippen LogP contribution >= 0.6 is 12.2 Å². The molecule has 0 radical (unpaired) electrons. The Morgan fingerprint density at radius 3 is 2.61 bits per heavy atom. The van der Waals surface area contributed by atoms with Crippen molar-refractivity contribution >= 4 is 17.3 Å². The third-order valence-corrected chi connectivity index (χ3v) is 4.34. The van der Waals surface area contributed by atoms with Gasteiger partial charge in [-0.05, 0) is 36.3 Å². The van der Waals surface area contributed by atoms with Crippen LogP contribution in [0.15, 0.2) is 18.2 Å². The Morgan fingerprint density at radius 1 is 1.22 bits per heavy atom. The second kappa shape index (κ2) is 11.1. The molecule has 0 bridgehead atoms. The number of hydrogen-bond donors (Lipinski definition) is 2. The fraction of sp³-hybridized carbons (Fsp3) is 0.611. The lowest BCUT2D eigenvalue weighted by Gasteiger charge is -2.21. The van der Waals surface area contributed by atoms with Gasteiger partial charge in [0.1, 0.15) is 0 Å². The molecule has 1 rings (SSSR count). The number of ether oxygens (including phenoxy) is 1. The molecule has 1 aromatic rings. The van der Waals surface area contributed by atoms with Gasteiger partial charge in [-0.15, -0.1) is 0 Å². The molecule has 0 atom stereocenters. The number of phenolic OH excluding ortho intramolecular Hbond substituents is 1. The van der Waals surface area contributed by atoms with E-state index in [1.54, 1.807) is 13.2 Å². The molecule has 2 N–H and O–H groups in total. The van der Waals surface area contributed by atoms with Gasteiger partial charge in [0.15, 0.2) is 16.6 Å². The van der Waals surface area contributed by atoms with E-state index in [0.717, 1.165) is 17.2 Å². The maximum absolute atomic E-state index is 9.60. The standard InChI is InChI=1S/C18H30N2O2S/c1-4-5-6-7-8-9-12-20(2)18(23)19-14-15-10-11-16(21)17(13-15)22-3/h10-11,13,21H,4-9,12,14H2,1-3H3,(H,19,23). The van der Waals surface area contributed by atoms with Crippen LogP contribution in [0, 0.1) is 0 Å². The lowest BCUT2D eigenvalue weighted by molar-refractivity contribution is 0.373. The number of methoxy groups -OCH3 is 1. The largest absolute Gasteiger partial charge is 0.504 e. The van der Waals surface area contributed by atoms with Crippen molar-refractivity contribution in [3.63, 3.8) is 0 Å². The van der Waals surface area contributed by atoms with Crippen molar-refractivity contribution in [3.8, 4) is 11.5 Å². The molecule has 0 fully saturated rings. The van der Waals surface area contributed by atoms with Crippen LogP contribution in [0.5, 0.6) is 11.5 Å². The van der Waals surface area contributed by atoms with Gasteiger partial charge in [0, 0.05) is 20.1 Å². The Bertz CT molecular complexity index is 480. The first-order valence-corrected chi connectivity index (χ1v) is 8.84. The summed E-state index contributed by atoms with van der Waals surface area (Å²) in [6.07, 6.45) is 7.72. The number of unbranched alkanes of at least 4 members (excludes halogenated alkanes) is 5. The molecular formula is C18H30N2O2S. The quantitative estimate of drug-likeness (QED) is 0.497. The molecule has 130 valence electrons. The normalized spacial score (nSPS) is 10.4. The van der Waals surface area contributed by atoms with Crippen molar-refractivity contribution in [1.82, 2.24) is 10.2 Å². The van der Waals surface area contributed by atoms with Crippen LogP contribution in [0.2, 0.25) is 0 Å². The number of rotatable bonds is 10. The molecule has 0 unspecified atom stereocenters. The van der Waals surface area contributed by atoms with Crippen LogP contribution in [0.4, 0.5) is 0 Å². The monoisotopic (exact) mass is 338 g/mol. The molecule has 0 heterocycles. The summed E-state index contributed by atoms with van der Waals surface area (Å²) in [4.78, 5) is 2.09. The minimum absolute atomic E-state index is 0.152. The Morgan fingerprint density at radius 2 is 1.91 bits per heavy atom. The molecule has 5 heteroatoms. The van der Waals surface area contributed by atoms with E-state index in [9.17, 15) is 5.11 Å². The zero-order chi connectivity index (χ0) is 17.1. The number of phenols is 1. The Hall–Kier alpha value is -1.49. The maximum atomic E-state index is 9.60. The third-order valence-electron chi connectivity index (χ3n) is 3.88. The van der Waals surface area contributed by atoms with E-state index in [-0.39, 0.29) is 5.75 Å². The number of aromatic hydroxyl groups is 1. The highest BCUT2D eigenvalue weighted by atomic mass is 32.1. The molecule has 4 nitrogen and oxygen atoms in total. The predicted octanol–water partition coefficient (Wildman–Crippen LogP) is 4.07. The Kier molecular flexibility index (Phi) is 9.45. The van der Waals surface area contributed by atoms with Gasteiger partial charge in [-0.3, -0.25) is 0 Å². The molecule has 23 heavy (non-hydrogen) atoms. The van der Waals surface area contributed by atoms with Gasteiger partial charge in [-0.2, -0.15) is 0 Å². The summed E-state index contributed by atoms with van der Waals surface area (Å²) in [5, 5.41) is 13.6. The molecule has 0 aromatic heterocycles. The van der Waals surface area contributed by atoms with E-state index in [1.165, 1.54) is 38.5 Å². The number of benzene rings is 1. The van der Waals surface area contributed by atoms with Gasteiger partial charge in [0.25, 0.3) is 0 Å². The van der Waals surface area contributed by atoms with Gasteiger partial charge in [-0.1, -0.05) is 45.1 Å². The van der Waals surface area contributed by atoms with E-state index in [1.807, 2.05) is 19.2 Å². The molecule has 0 spiro atoms. The van der Waals surface area contributed by atoms with Gasteiger partial charge in [-0.25, -0.2) is 0 Å².